The number of hydrogen-bond donors (Lipinski definition) is 0. The Bertz CT molecular complexity index is 334. The second kappa shape index (κ2) is 5.15. The molecule has 0 unspecified atom stereocenters. The molecule has 0 aromatic carbocycles. The molecule has 0 bridgehead atoms. The van der Waals surface area contributed by atoms with Crippen LogP contribution in [0.2, 0.25) is 0 Å². The van der Waals surface area contributed by atoms with Crippen molar-refractivity contribution in [1.82, 2.24) is 14.8 Å². The number of alkyl halides is 1. The van der Waals surface area contributed by atoms with Gasteiger partial charge in [-0.25, -0.2) is 4.98 Å². The van der Waals surface area contributed by atoms with Gasteiger partial charge in [0.15, 0.2) is 0 Å². The average Bonchev–Trinajstić information content (AvgIpc) is 2.77. The molecule has 4 nitrogen and oxygen atoms in total. The molecule has 5 heteroatoms. The Balaban J connectivity index is 2.11. The molecule has 1 aliphatic heterocycles. The number of halogens is 1. The van der Waals surface area contributed by atoms with Crippen LogP contribution >= 0.6 is 11.6 Å². The predicted octanol–water partition coefficient (Wildman–Crippen LogP) is 1.88. The van der Waals surface area contributed by atoms with Crippen molar-refractivity contribution in [2.45, 2.75) is 32.7 Å². The van der Waals surface area contributed by atoms with Crippen LogP contribution in [-0.2, 0) is 17.7 Å². The van der Waals surface area contributed by atoms with Gasteiger partial charge < -0.3 is 4.74 Å². The van der Waals surface area contributed by atoms with Crippen LogP contribution in [0.5, 0.6) is 0 Å². The first kappa shape index (κ1) is 11.9. The Labute approximate surface area is 101 Å². The second-order valence-electron chi connectivity index (χ2n) is 4.41. The van der Waals surface area contributed by atoms with Crippen LogP contribution in [0.15, 0.2) is 6.33 Å². The quantitative estimate of drug-likeness (QED) is 0.758. The normalized spacial score (nSPS) is 19.9. The van der Waals surface area contributed by atoms with Gasteiger partial charge in [-0.05, 0) is 25.2 Å². The van der Waals surface area contributed by atoms with Crippen molar-refractivity contribution in [2.75, 3.05) is 19.1 Å². The van der Waals surface area contributed by atoms with Gasteiger partial charge in [-0.2, -0.15) is 5.10 Å². The third-order valence-electron chi connectivity index (χ3n) is 3.37. The number of rotatable bonds is 4. The van der Waals surface area contributed by atoms with Crippen LogP contribution in [0, 0.1) is 5.41 Å². The number of ether oxygens (including phenoxy) is 1. The SMILES string of the molecule is CCn1ncnc1CC1(CCl)CCOCC1. The maximum Gasteiger partial charge on any atom is 0.138 e. The lowest BCUT2D eigenvalue weighted by atomic mass is 9.79. The van der Waals surface area contributed by atoms with Crippen LogP contribution < -0.4 is 0 Å². The monoisotopic (exact) mass is 243 g/mol. The fraction of sp³-hybridized carbons (Fsp3) is 0.818. The maximum absolute atomic E-state index is 6.14. The van der Waals surface area contributed by atoms with E-state index < -0.39 is 0 Å². The van der Waals surface area contributed by atoms with Gasteiger partial charge in [-0.1, -0.05) is 0 Å². The summed E-state index contributed by atoms with van der Waals surface area (Å²) >= 11 is 6.14. The van der Waals surface area contributed by atoms with Gasteiger partial charge in [-0.3, -0.25) is 4.68 Å². The van der Waals surface area contributed by atoms with Crippen LogP contribution in [0.25, 0.3) is 0 Å². The van der Waals surface area contributed by atoms with Gasteiger partial charge in [0, 0.05) is 32.1 Å². The summed E-state index contributed by atoms with van der Waals surface area (Å²) in [4.78, 5) is 4.33. The van der Waals surface area contributed by atoms with E-state index in [1.54, 1.807) is 6.33 Å². The topological polar surface area (TPSA) is 39.9 Å². The molecule has 16 heavy (non-hydrogen) atoms. The van der Waals surface area contributed by atoms with Crippen molar-refractivity contribution in [3.05, 3.63) is 12.2 Å². The van der Waals surface area contributed by atoms with E-state index in [-0.39, 0.29) is 5.41 Å². The lowest BCUT2D eigenvalue weighted by Gasteiger charge is -2.35. The van der Waals surface area contributed by atoms with Gasteiger partial charge in [0.1, 0.15) is 12.2 Å². The highest BCUT2D eigenvalue weighted by atomic mass is 35.5. The largest absolute Gasteiger partial charge is 0.381 e. The zero-order valence-corrected chi connectivity index (χ0v) is 10.4. The van der Waals surface area contributed by atoms with Crippen molar-refractivity contribution in [3.8, 4) is 0 Å². The first-order valence-electron chi connectivity index (χ1n) is 5.80. The molecular weight excluding hydrogens is 226 g/mol. The first-order valence-corrected chi connectivity index (χ1v) is 6.33. The molecule has 2 rings (SSSR count). The zero-order chi connectivity index (χ0) is 11.4. The summed E-state index contributed by atoms with van der Waals surface area (Å²) < 4.78 is 7.35. The second-order valence-corrected chi connectivity index (χ2v) is 4.68. The number of aromatic nitrogens is 3. The molecule has 1 aromatic heterocycles. The Morgan fingerprint density at radius 2 is 2.25 bits per heavy atom. The van der Waals surface area contributed by atoms with Crippen molar-refractivity contribution in [2.24, 2.45) is 5.41 Å². The van der Waals surface area contributed by atoms with E-state index in [1.807, 2.05) is 4.68 Å². The van der Waals surface area contributed by atoms with Crippen molar-refractivity contribution < 1.29 is 4.74 Å². The molecule has 0 atom stereocenters. The Morgan fingerprint density at radius 3 is 2.88 bits per heavy atom. The molecule has 1 aromatic rings. The maximum atomic E-state index is 6.14. The van der Waals surface area contributed by atoms with Crippen LogP contribution in [0.1, 0.15) is 25.6 Å². The smallest absolute Gasteiger partial charge is 0.138 e. The third-order valence-corrected chi connectivity index (χ3v) is 3.93. The Morgan fingerprint density at radius 1 is 1.50 bits per heavy atom. The van der Waals surface area contributed by atoms with Crippen LogP contribution in [0.4, 0.5) is 0 Å². The minimum Gasteiger partial charge on any atom is -0.381 e. The van der Waals surface area contributed by atoms with E-state index in [4.69, 9.17) is 16.3 Å². The molecule has 90 valence electrons. The number of nitrogens with zero attached hydrogens (tertiary/aromatic N) is 3. The highest BCUT2D eigenvalue weighted by Gasteiger charge is 2.33. The van der Waals surface area contributed by atoms with Crippen molar-refractivity contribution in [3.63, 3.8) is 0 Å². The van der Waals surface area contributed by atoms with Gasteiger partial charge in [0.05, 0.1) is 0 Å². The van der Waals surface area contributed by atoms with E-state index in [0.29, 0.717) is 5.88 Å². The summed E-state index contributed by atoms with van der Waals surface area (Å²) in [5.41, 5.74) is 0.153. The Hall–Kier alpha value is -0.610. The summed E-state index contributed by atoms with van der Waals surface area (Å²) in [6, 6.07) is 0. The van der Waals surface area contributed by atoms with E-state index >= 15 is 0 Å². The van der Waals surface area contributed by atoms with Crippen molar-refractivity contribution >= 4 is 11.6 Å². The van der Waals surface area contributed by atoms with E-state index in [1.165, 1.54) is 0 Å². The summed E-state index contributed by atoms with van der Waals surface area (Å²) in [7, 11) is 0. The molecule has 1 fully saturated rings. The fourth-order valence-corrected chi connectivity index (χ4v) is 2.55. The molecular formula is C11H18ClN3O. The summed E-state index contributed by atoms with van der Waals surface area (Å²) in [6.45, 7) is 4.57. The predicted molar refractivity (Wildman–Crippen MR) is 62.6 cm³/mol. The molecule has 0 saturated carbocycles. The summed E-state index contributed by atoms with van der Waals surface area (Å²) in [5.74, 6) is 1.72. The van der Waals surface area contributed by atoms with E-state index in [0.717, 1.165) is 44.8 Å². The van der Waals surface area contributed by atoms with E-state index in [9.17, 15) is 0 Å². The molecule has 0 radical (unpaired) electrons. The lowest BCUT2D eigenvalue weighted by Crippen LogP contribution is -2.34. The minimum atomic E-state index is 0.153. The molecule has 2 heterocycles. The van der Waals surface area contributed by atoms with E-state index in [2.05, 4.69) is 17.0 Å². The highest BCUT2D eigenvalue weighted by molar-refractivity contribution is 6.18. The fourth-order valence-electron chi connectivity index (χ4n) is 2.19. The van der Waals surface area contributed by atoms with Gasteiger partial charge in [-0.15, -0.1) is 11.6 Å². The molecule has 0 N–H and O–H groups in total. The van der Waals surface area contributed by atoms with Gasteiger partial charge >= 0.3 is 0 Å². The van der Waals surface area contributed by atoms with Crippen LogP contribution in [-0.4, -0.2) is 33.9 Å². The standard InChI is InChI=1S/C11H18ClN3O/c1-2-15-10(13-9-14-15)7-11(8-12)3-5-16-6-4-11/h9H,2-8H2,1H3. The minimum absolute atomic E-state index is 0.153. The lowest BCUT2D eigenvalue weighted by molar-refractivity contribution is 0.0244. The molecule has 1 saturated heterocycles. The summed E-state index contributed by atoms with van der Waals surface area (Å²) in [5, 5.41) is 4.20. The Kier molecular flexibility index (Phi) is 3.82. The summed E-state index contributed by atoms with van der Waals surface area (Å²) in [6.07, 6.45) is 4.58. The van der Waals surface area contributed by atoms with Gasteiger partial charge in [0.2, 0.25) is 0 Å². The number of aryl methyl sites for hydroxylation is 1. The average molecular weight is 244 g/mol. The van der Waals surface area contributed by atoms with Crippen molar-refractivity contribution in [1.29, 1.82) is 0 Å². The zero-order valence-electron chi connectivity index (χ0n) is 9.65. The third kappa shape index (κ3) is 2.38. The molecule has 0 spiro atoms. The molecule has 1 aliphatic rings. The first-order chi connectivity index (χ1) is 7.79. The van der Waals surface area contributed by atoms with Gasteiger partial charge in [0.25, 0.3) is 0 Å². The molecule has 0 amide bonds. The number of hydrogen-bond acceptors (Lipinski definition) is 3. The highest BCUT2D eigenvalue weighted by Crippen LogP contribution is 2.34. The van der Waals surface area contributed by atoms with Crippen LogP contribution in [0.3, 0.4) is 0 Å². The molecule has 0 aliphatic carbocycles.